The van der Waals surface area contributed by atoms with Crippen LogP contribution in [-0.2, 0) is 17.3 Å². The van der Waals surface area contributed by atoms with E-state index >= 15 is 0 Å². The van der Waals surface area contributed by atoms with Gasteiger partial charge < -0.3 is 0 Å². The molecule has 6 rings (SSSR count). The third kappa shape index (κ3) is 4.31. The highest BCUT2D eigenvalue weighted by molar-refractivity contribution is 8.00. The summed E-state index contributed by atoms with van der Waals surface area (Å²) in [5.74, 6) is 0.0601. The Hall–Kier alpha value is -3.50. The molecule has 2 unspecified atom stereocenters. The standard InChI is InChI=1S/C32H25F2OS/c33-25-9-14-27(15-10-25)36(28-16-11-26(34)12-17-28)29-13-8-23-18-22-6-7-24(19-30(22)31(23)20-29)32(35)21-4-2-1-3-5-21/h1-5,7-11,13-16,19-20,22H,6,12,17-18H2/q+1. The molecule has 36 heavy (non-hydrogen) atoms. The monoisotopic (exact) mass is 495 g/mol. The van der Waals surface area contributed by atoms with E-state index in [0.29, 0.717) is 24.3 Å². The van der Waals surface area contributed by atoms with Crippen molar-refractivity contribution in [1.29, 1.82) is 0 Å². The average molecular weight is 496 g/mol. The van der Waals surface area contributed by atoms with E-state index in [4.69, 9.17) is 0 Å². The van der Waals surface area contributed by atoms with Crippen molar-refractivity contribution in [2.75, 3.05) is 0 Å². The molecule has 0 saturated carbocycles. The summed E-state index contributed by atoms with van der Waals surface area (Å²) >= 11 is 0. The van der Waals surface area contributed by atoms with Crippen LogP contribution in [0, 0.1) is 11.7 Å². The van der Waals surface area contributed by atoms with E-state index in [2.05, 4.69) is 30.4 Å². The van der Waals surface area contributed by atoms with Crippen LogP contribution in [0.3, 0.4) is 0 Å². The quantitative estimate of drug-likeness (QED) is 0.258. The lowest BCUT2D eigenvalue weighted by atomic mass is 9.86. The molecule has 0 heterocycles. The van der Waals surface area contributed by atoms with Crippen molar-refractivity contribution in [1.82, 2.24) is 0 Å². The van der Waals surface area contributed by atoms with E-state index in [1.165, 1.54) is 28.8 Å². The zero-order valence-corrected chi connectivity index (χ0v) is 20.5. The molecule has 0 radical (unpaired) electrons. The molecule has 178 valence electrons. The fourth-order valence-corrected chi connectivity index (χ4v) is 7.55. The van der Waals surface area contributed by atoms with Gasteiger partial charge in [-0.25, -0.2) is 8.78 Å². The van der Waals surface area contributed by atoms with Gasteiger partial charge in [0.2, 0.25) is 0 Å². The number of halogens is 2. The highest BCUT2D eigenvalue weighted by Gasteiger charge is 2.36. The fraction of sp³-hybridized carbons (Fsp3) is 0.156. The summed E-state index contributed by atoms with van der Waals surface area (Å²) < 4.78 is 27.5. The molecule has 0 fully saturated rings. The van der Waals surface area contributed by atoms with Gasteiger partial charge in [-0.2, -0.15) is 0 Å². The Kier molecular flexibility index (Phi) is 6.06. The number of hydrogen-bond acceptors (Lipinski definition) is 1. The van der Waals surface area contributed by atoms with Crippen molar-refractivity contribution in [3.63, 3.8) is 0 Å². The number of allylic oxidation sites excluding steroid dienone is 8. The van der Waals surface area contributed by atoms with Gasteiger partial charge in [-0.05, 0) is 84.0 Å². The van der Waals surface area contributed by atoms with Crippen molar-refractivity contribution in [3.05, 3.63) is 136 Å². The molecular formula is C32H25F2OS+. The smallest absolute Gasteiger partial charge is 0.192 e. The minimum atomic E-state index is -0.438. The maximum atomic E-state index is 13.8. The van der Waals surface area contributed by atoms with Gasteiger partial charge in [-0.15, -0.1) is 0 Å². The zero-order chi connectivity index (χ0) is 24.6. The van der Waals surface area contributed by atoms with Crippen LogP contribution in [0.4, 0.5) is 8.78 Å². The minimum Gasteiger partial charge on any atom is -0.289 e. The summed E-state index contributed by atoms with van der Waals surface area (Å²) in [6.07, 6.45) is 10.4. The lowest BCUT2D eigenvalue weighted by Gasteiger charge is -2.17. The predicted molar refractivity (Wildman–Crippen MR) is 142 cm³/mol. The number of Topliss-reactive ketones (excluding diaryl/α,β-unsaturated/α-hetero) is 1. The molecular weight excluding hydrogens is 470 g/mol. The van der Waals surface area contributed by atoms with E-state index in [1.54, 1.807) is 6.08 Å². The Morgan fingerprint density at radius 1 is 0.861 bits per heavy atom. The first-order chi connectivity index (χ1) is 17.6. The minimum absolute atomic E-state index is 0.0541. The molecule has 3 aromatic carbocycles. The van der Waals surface area contributed by atoms with Gasteiger partial charge in [0.25, 0.3) is 0 Å². The topological polar surface area (TPSA) is 17.1 Å². The molecule has 1 nitrogen and oxygen atoms in total. The number of carbonyl (C=O) groups is 1. The first-order valence-electron chi connectivity index (χ1n) is 12.3. The summed E-state index contributed by atoms with van der Waals surface area (Å²) in [5.41, 5.74) is 5.16. The van der Waals surface area contributed by atoms with Crippen molar-refractivity contribution < 1.29 is 13.6 Å². The number of benzene rings is 3. The number of ketones is 1. The van der Waals surface area contributed by atoms with Crippen molar-refractivity contribution >= 4 is 22.3 Å². The van der Waals surface area contributed by atoms with Crippen LogP contribution >= 0.6 is 0 Å². The second-order valence-corrected chi connectivity index (χ2v) is 11.5. The molecule has 0 spiro atoms. The normalized spacial score (nSPS) is 19.3. The molecule has 4 heteroatoms. The summed E-state index contributed by atoms with van der Waals surface area (Å²) in [7, 11) is -0.438. The summed E-state index contributed by atoms with van der Waals surface area (Å²) in [4.78, 5) is 16.4. The molecule has 3 aliphatic rings. The molecule has 0 aliphatic heterocycles. The van der Waals surface area contributed by atoms with E-state index in [0.717, 1.165) is 33.1 Å². The zero-order valence-electron chi connectivity index (χ0n) is 19.7. The largest absolute Gasteiger partial charge is 0.289 e. The lowest BCUT2D eigenvalue weighted by molar-refractivity contribution is 0.103. The van der Waals surface area contributed by atoms with Crippen LogP contribution in [0.2, 0.25) is 0 Å². The highest BCUT2D eigenvalue weighted by atomic mass is 32.2. The van der Waals surface area contributed by atoms with E-state index in [-0.39, 0.29) is 17.4 Å². The fourth-order valence-electron chi connectivity index (χ4n) is 5.31. The van der Waals surface area contributed by atoms with Gasteiger partial charge in [0.1, 0.15) is 16.5 Å². The number of carbonyl (C=O) groups excluding carboxylic acids is 1. The molecule has 3 aliphatic carbocycles. The number of hydrogen-bond donors (Lipinski definition) is 0. The third-order valence-corrected chi connectivity index (χ3v) is 9.47. The maximum Gasteiger partial charge on any atom is 0.192 e. The molecule has 0 amide bonds. The Balaban J connectivity index is 1.40. The van der Waals surface area contributed by atoms with Crippen LogP contribution in [0.15, 0.2) is 123 Å². The van der Waals surface area contributed by atoms with Gasteiger partial charge in [0.15, 0.2) is 15.6 Å². The molecule has 3 aromatic rings. The molecule has 0 saturated heterocycles. The summed E-state index contributed by atoms with van der Waals surface area (Å²) in [6, 6.07) is 22.7. The third-order valence-electron chi connectivity index (χ3n) is 7.14. The van der Waals surface area contributed by atoms with Gasteiger partial charge in [-0.3, -0.25) is 4.79 Å². The van der Waals surface area contributed by atoms with Crippen LogP contribution in [0.1, 0.15) is 40.7 Å². The van der Waals surface area contributed by atoms with Crippen molar-refractivity contribution in [3.8, 4) is 0 Å². The van der Waals surface area contributed by atoms with Crippen LogP contribution in [0.5, 0.6) is 0 Å². The first-order valence-corrected chi connectivity index (χ1v) is 13.5. The molecule has 2 atom stereocenters. The first kappa shape index (κ1) is 22.9. The lowest BCUT2D eigenvalue weighted by Crippen LogP contribution is -2.10. The second-order valence-electron chi connectivity index (χ2n) is 9.42. The number of fused-ring (bicyclic) bond motifs is 3. The number of rotatable bonds is 5. The predicted octanol–water partition coefficient (Wildman–Crippen LogP) is 8.16. The summed E-state index contributed by atoms with van der Waals surface area (Å²) in [6.45, 7) is 0. The van der Waals surface area contributed by atoms with E-state index < -0.39 is 10.9 Å². The molecule has 0 N–H and O–H groups in total. The average Bonchev–Trinajstić information content (AvgIpc) is 3.28. The Morgan fingerprint density at radius 2 is 1.64 bits per heavy atom. The van der Waals surface area contributed by atoms with Crippen LogP contribution in [-0.4, -0.2) is 5.78 Å². The maximum absolute atomic E-state index is 13.8. The molecule has 0 aromatic heterocycles. The van der Waals surface area contributed by atoms with E-state index in [9.17, 15) is 13.6 Å². The SMILES string of the molecule is O=C(C1=CCC2Cc3ccc([S+](C4=CC=C(F)CC4)c4ccc(F)cc4)cc3C2=C1)c1ccccc1. The van der Waals surface area contributed by atoms with E-state index in [1.807, 2.05) is 48.5 Å². The van der Waals surface area contributed by atoms with Crippen LogP contribution in [0.25, 0.3) is 5.57 Å². The van der Waals surface area contributed by atoms with Gasteiger partial charge in [0, 0.05) is 30.0 Å². The Morgan fingerprint density at radius 3 is 2.39 bits per heavy atom. The highest BCUT2D eigenvalue weighted by Crippen LogP contribution is 2.45. The molecule has 0 bridgehead atoms. The Labute approximate surface area is 212 Å². The van der Waals surface area contributed by atoms with Gasteiger partial charge in [-0.1, -0.05) is 42.5 Å². The van der Waals surface area contributed by atoms with Gasteiger partial charge in [0.05, 0.1) is 10.9 Å². The Bertz CT molecular complexity index is 1460. The summed E-state index contributed by atoms with van der Waals surface area (Å²) in [5, 5.41) is 0. The van der Waals surface area contributed by atoms with Crippen molar-refractivity contribution in [2.45, 2.75) is 35.5 Å². The second kappa shape index (κ2) is 9.51. The van der Waals surface area contributed by atoms with Gasteiger partial charge >= 0.3 is 0 Å². The van der Waals surface area contributed by atoms with Crippen LogP contribution < -0.4 is 0 Å². The van der Waals surface area contributed by atoms with Crippen molar-refractivity contribution in [2.24, 2.45) is 5.92 Å².